The molecule has 1 atom stereocenters. The van der Waals surface area contributed by atoms with Gasteiger partial charge >= 0.3 is 0 Å². The summed E-state index contributed by atoms with van der Waals surface area (Å²) >= 11 is 5.98. The second kappa shape index (κ2) is 9.23. The van der Waals surface area contributed by atoms with Crippen LogP contribution in [0.5, 0.6) is 11.5 Å². The molecule has 1 aromatic heterocycles. The van der Waals surface area contributed by atoms with Gasteiger partial charge in [0.1, 0.15) is 11.5 Å². The van der Waals surface area contributed by atoms with Gasteiger partial charge in [-0.15, -0.1) is 0 Å². The Labute approximate surface area is 182 Å². The molecule has 154 valence electrons. The molecule has 1 heterocycles. The molecule has 0 saturated carbocycles. The molecule has 0 N–H and O–H groups in total. The maximum atomic E-state index is 6.14. The summed E-state index contributed by atoms with van der Waals surface area (Å²) in [7, 11) is 0. The zero-order chi connectivity index (χ0) is 20.9. The summed E-state index contributed by atoms with van der Waals surface area (Å²) in [5.41, 5.74) is 3.31. The van der Waals surface area contributed by atoms with E-state index in [-0.39, 0.29) is 6.10 Å². The van der Waals surface area contributed by atoms with Crippen LogP contribution < -0.4 is 9.47 Å². The minimum atomic E-state index is -0.198. The highest BCUT2D eigenvalue weighted by molar-refractivity contribution is 6.30. The van der Waals surface area contributed by atoms with E-state index < -0.39 is 0 Å². The summed E-state index contributed by atoms with van der Waals surface area (Å²) in [6.07, 6.45) is 0.672. The monoisotopic (exact) mass is 420 g/mol. The van der Waals surface area contributed by atoms with Crippen molar-refractivity contribution < 1.29 is 9.47 Å². The third-order valence-electron chi connectivity index (χ3n) is 4.99. The highest BCUT2D eigenvalue weighted by Gasteiger charge is 2.18. The van der Waals surface area contributed by atoms with Gasteiger partial charge in [0.2, 0.25) is 0 Å². The van der Waals surface area contributed by atoms with Crippen molar-refractivity contribution in [3.8, 4) is 11.5 Å². The standard InChI is InChI=1S/C25H25ClN2O2/c1-18-8-12-21(13-9-18)29-17-5-16-28-24-7-4-3-6-23(24)27-25(28)19(2)30-22-14-10-20(26)11-15-22/h3-4,6-15,19H,5,16-17H2,1-2H3. The van der Waals surface area contributed by atoms with E-state index in [9.17, 15) is 0 Å². The van der Waals surface area contributed by atoms with Crippen LogP contribution in [0.15, 0.2) is 72.8 Å². The molecule has 5 heteroatoms. The van der Waals surface area contributed by atoms with Crippen molar-refractivity contribution in [3.05, 3.63) is 89.2 Å². The van der Waals surface area contributed by atoms with E-state index in [0.717, 1.165) is 41.3 Å². The Morgan fingerprint density at radius 1 is 0.933 bits per heavy atom. The van der Waals surface area contributed by atoms with Gasteiger partial charge in [-0.1, -0.05) is 41.4 Å². The first kappa shape index (κ1) is 20.3. The Morgan fingerprint density at radius 3 is 2.40 bits per heavy atom. The van der Waals surface area contributed by atoms with Crippen LogP contribution in [0.2, 0.25) is 5.02 Å². The second-order valence-electron chi connectivity index (χ2n) is 7.34. The number of hydrogen-bond donors (Lipinski definition) is 0. The van der Waals surface area contributed by atoms with Crippen LogP contribution in [-0.2, 0) is 6.54 Å². The fraction of sp³-hybridized carbons (Fsp3) is 0.240. The van der Waals surface area contributed by atoms with Gasteiger partial charge in [0, 0.05) is 11.6 Å². The molecule has 0 spiro atoms. The average Bonchev–Trinajstić information content (AvgIpc) is 3.13. The Morgan fingerprint density at radius 2 is 1.63 bits per heavy atom. The van der Waals surface area contributed by atoms with Gasteiger partial charge in [-0.2, -0.15) is 0 Å². The Kier molecular flexibility index (Phi) is 6.24. The molecule has 0 fully saturated rings. The lowest BCUT2D eigenvalue weighted by Crippen LogP contribution is -2.13. The summed E-state index contributed by atoms with van der Waals surface area (Å²) in [5, 5.41) is 0.691. The van der Waals surface area contributed by atoms with Gasteiger partial charge in [0.05, 0.1) is 17.6 Å². The molecule has 0 aliphatic heterocycles. The van der Waals surface area contributed by atoms with Crippen molar-refractivity contribution in [2.75, 3.05) is 6.61 Å². The highest BCUT2D eigenvalue weighted by Crippen LogP contribution is 2.26. The summed E-state index contributed by atoms with van der Waals surface area (Å²) < 4.78 is 14.3. The molecule has 0 aliphatic carbocycles. The predicted octanol–water partition coefficient (Wildman–Crippen LogP) is 6.61. The van der Waals surface area contributed by atoms with Crippen LogP contribution in [0.3, 0.4) is 0 Å². The number of aryl methyl sites for hydroxylation is 2. The minimum absolute atomic E-state index is 0.198. The van der Waals surface area contributed by atoms with Crippen LogP contribution >= 0.6 is 11.6 Å². The van der Waals surface area contributed by atoms with Crippen LogP contribution in [-0.4, -0.2) is 16.2 Å². The molecular formula is C25H25ClN2O2. The average molecular weight is 421 g/mol. The fourth-order valence-corrected chi connectivity index (χ4v) is 3.58. The number of halogens is 1. The Bertz CT molecular complexity index is 1100. The molecule has 1 unspecified atom stereocenters. The first-order valence-corrected chi connectivity index (χ1v) is 10.5. The quantitative estimate of drug-likeness (QED) is 0.301. The van der Waals surface area contributed by atoms with E-state index in [1.54, 1.807) is 0 Å². The SMILES string of the molecule is Cc1ccc(OCCCn2c(C(C)Oc3ccc(Cl)cc3)nc3ccccc32)cc1. The van der Waals surface area contributed by atoms with Crippen LogP contribution in [0.4, 0.5) is 0 Å². The van der Waals surface area contributed by atoms with Crippen molar-refractivity contribution in [2.45, 2.75) is 32.9 Å². The fourth-order valence-electron chi connectivity index (χ4n) is 3.46. The maximum Gasteiger partial charge on any atom is 0.153 e. The molecule has 30 heavy (non-hydrogen) atoms. The molecule has 0 radical (unpaired) electrons. The molecule has 4 nitrogen and oxygen atoms in total. The molecule has 3 aromatic carbocycles. The normalized spacial score (nSPS) is 12.1. The predicted molar refractivity (Wildman–Crippen MR) is 122 cm³/mol. The van der Waals surface area contributed by atoms with Gasteiger partial charge in [-0.3, -0.25) is 0 Å². The van der Waals surface area contributed by atoms with Crippen LogP contribution in [0.1, 0.15) is 30.8 Å². The Hall–Kier alpha value is -2.98. The van der Waals surface area contributed by atoms with E-state index in [0.29, 0.717) is 11.6 Å². The summed E-state index contributed by atoms with van der Waals surface area (Å²) in [6, 6.07) is 23.7. The number of benzene rings is 3. The lowest BCUT2D eigenvalue weighted by molar-refractivity contribution is 0.210. The minimum Gasteiger partial charge on any atom is -0.494 e. The lowest BCUT2D eigenvalue weighted by Gasteiger charge is -2.17. The molecule has 0 aliphatic rings. The maximum absolute atomic E-state index is 6.14. The number of rotatable bonds is 8. The van der Waals surface area contributed by atoms with E-state index in [1.165, 1.54) is 5.56 Å². The zero-order valence-electron chi connectivity index (χ0n) is 17.2. The third-order valence-corrected chi connectivity index (χ3v) is 5.24. The summed E-state index contributed by atoms with van der Waals surface area (Å²) in [5.74, 6) is 2.57. The van der Waals surface area contributed by atoms with Gasteiger partial charge in [-0.25, -0.2) is 4.98 Å². The molecule has 0 amide bonds. The van der Waals surface area contributed by atoms with Crippen molar-refractivity contribution in [1.29, 1.82) is 0 Å². The smallest absolute Gasteiger partial charge is 0.153 e. The molecular weight excluding hydrogens is 396 g/mol. The van der Waals surface area contributed by atoms with Gasteiger partial charge in [-0.05, 0) is 68.8 Å². The molecule has 0 bridgehead atoms. The van der Waals surface area contributed by atoms with E-state index in [2.05, 4.69) is 29.7 Å². The largest absolute Gasteiger partial charge is 0.494 e. The highest BCUT2D eigenvalue weighted by atomic mass is 35.5. The van der Waals surface area contributed by atoms with Gasteiger partial charge in [0.25, 0.3) is 0 Å². The number of ether oxygens (including phenoxy) is 2. The number of nitrogens with zero attached hydrogens (tertiary/aromatic N) is 2. The molecule has 0 saturated heterocycles. The number of aromatic nitrogens is 2. The van der Waals surface area contributed by atoms with Crippen molar-refractivity contribution in [2.24, 2.45) is 0 Å². The van der Waals surface area contributed by atoms with E-state index in [1.807, 2.05) is 61.5 Å². The van der Waals surface area contributed by atoms with Gasteiger partial charge in [0.15, 0.2) is 11.9 Å². The van der Waals surface area contributed by atoms with Gasteiger partial charge < -0.3 is 14.0 Å². The summed E-state index contributed by atoms with van der Waals surface area (Å²) in [6.45, 7) is 5.54. The second-order valence-corrected chi connectivity index (χ2v) is 7.78. The summed E-state index contributed by atoms with van der Waals surface area (Å²) in [4.78, 5) is 4.84. The number of hydrogen-bond acceptors (Lipinski definition) is 3. The molecule has 4 rings (SSSR count). The van der Waals surface area contributed by atoms with E-state index in [4.69, 9.17) is 26.1 Å². The Balaban J connectivity index is 1.48. The van der Waals surface area contributed by atoms with E-state index >= 15 is 0 Å². The van der Waals surface area contributed by atoms with Crippen molar-refractivity contribution in [3.63, 3.8) is 0 Å². The number of imidazole rings is 1. The topological polar surface area (TPSA) is 36.3 Å². The number of fused-ring (bicyclic) bond motifs is 1. The lowest BCUT2D eigenvalue weighted by atomic mass is 10.2. The number of para-hydroxylation sites is 2. The van der Waals surface area contributed by atoms with Crippen LogP contribution in [0.25, 0.3) is 11.0 Å². The first-order valence-electron chi connectivity index (χ1n) is 10.2. The van der Waals surface area contributed by atoms with Crippen molar-refractivity contribution in [1.82, 2.24) is 9.55 Å². The third kappa shape index (κ3) is 4.77. The zero-order valence-corrected chi connectivity index (χ0v) is 18.0. The van der Waals surface area contributed by atoms with Crippen molar-refractivity contribution >= 4 is 22.6 Å². The molecule has 4 aromatic rings. The first-order chi connectivity index (χ1) is 14.6. The van der Waals surface area contributed by atoms with Crippen LogP contribution in [0, 0.1) is 6.92 Å².